The summed E-state index contributed by atoms with van der Waals surface area (Å²) in [6.45, 7) is 4.13. The van der Waals surface area contributed by atoms with Gasteiger partial charge in [-0.15, -0.1) is 4.91 Å². The molecule has 0 unspecified atom stereocenters. The number of nitroso groups, excluding NO2 is 1. The second-order valence-electron chi connectivity index (χ2n) is 7.02. The Bertz CT molecular complexity index is 1030. The molecule has 3 aromatic rings. The number of halogens is 1. The number of nitrogens with one attached hydrogen (secondary N) is 1. The van der Waals surface area contributed by atoms with Gasteiger partial charge in [0.25, 0.3) is 5.88 Å². The molecule has 0 amide bonds. The van der Waals surface area contributed by atoms with Crippen LogP contribution in [-0.4, -0.2) is 41.0 Å². The van der Waals surface area contributed by atoms with Gasteiger partial charge in [0.15, 0.2) is 5.82 Å². The normalized spacial score (nSPS) is 14.8. The van der Waals surface area contributed by atoms with E-state index < -0.39 is 0 Å². The minimum atomic E-state index is -0.325. The molecule has 0 radical (unpaired) electrons. The van der Waals surface area contributed by atoms with Crippen LogP contribution in [0, 0.1) is 10.7 Å². The van der Waals surface area contributed by atoms with Crippen molar-refractivity contribution in [3.63, 3.8) is 0 Å². The van der Waals surface area contributed by atoms with E-state index >= 15 is 0 Å². The number of hydrogen-bond acceptors (Lipinski definition) is 7. The summed E-state index contributed by atoms with van der Waals surface area (Å²) in [5.74, 6) is 1.23. The molecule has 0 aliphatic carbocycles. The third kappa shape index (κ3) is 4.83. The Morgan fingerprint density at radius 1 is 1.17 bits per heavy atom. The van der Waals surface area contributed by atoms with Crippen LogP contribution in [0.3, 0.4) is 0 Å². The number of benzene rings is 1. The molecule has 0 bridgehead atoms. The van der Waals surface area contributed by atoms with Gasteiger partial charge >= 0.3 is 0 Å². The quantitative estimate of drug-likeness (QED) is 0.434. The first-order chi connectivity index (χ1) is 14.2. The number of likely N-dealkylation sites (tertiary alicyclic amines) is 1. The Balaban J connectivity index is 1.52. The lowest BCUT2D eigenvalue weighted by Crippen LogP contribution is -2.22. The predicted octanol–water partition coefficient (Wildman–Crippen LogP) is 4.83. The Kier molecular flexibility index (Phi) is 5.90. The fraction of sp³-hybridized carbons (Fsp3) is 0.333. The summed E-state index contributed by atoms with van der Waals surface area (Å²) in [4.78, 5) is 22.0. The first kappa shape index (κ1) is 19.2. The van der Waals surface area contributed by atoms with E-state index in [9.17, 15) is 9.30 Å². The van der Waals surface area contributed by atoms with Gasteiger partial charge in [-0.1, -0.05) is 0 Å². The zero-order valence-corrected chi connectivity index (χ0v) is 16.0. The minimum Gasteiger partial charge on any atom is -0.436 e. The molecule has 29 heavy (non-hydrogen) atoms. The maximum absolute atomic E-state index is 13.8. The van der Waals surface area contributed by atoms with Gasteiger partial charge in [0, 0.05) is 23.2 Å². The van der Waals surface area contributed by atoms with Crippen LogP contribution in [0.15, 0.2) is 39.9 Å². The molecule has 1 fully saturated rings. The van der Waals surface area contributed by atoms with Crippen molar-refractivity contribution in [1.82, 2.24) is 14.9 Å². The van der Waals surface area contributed by atoms with Crippen LogP contribution in [0.2, 0.25) is 0 Å². The maximum atomic E-state index is 13.8. The number of aromatic nitrogens is 2. The first-order valence-electron chi connectivity index (χ1n) is 9.76. The third-order valence-electron chi connectivity index (χ3n) is 4.92. The summed E-state index contributed by atoms with van der Waals surface area (Å²) < 4.78 is 19.0. The van der Waals surface area contributed by atoms with Gasteiger partial charge in [-0.25, -0.2) is 14.4 Å². The number of nitrogens with zero attached hydrogens (tertiary/aromatic N) is 4. The largest absolute Gasteiger partial charge is 0.436 e. The molecule has 0 spiro atoms. The average Bonchev–Trinajstić information content (AvgIpc) is 3.41. The van der Waals surface area contributed by atoms with Crippen molar-refractivity contribution in [2.75, 3.05) is 31.5 Å². The Morgan fingerprint density at radius 2 is 2.03 bits per heavy atom. The van der Waals surface area contributed by atoms with E-state index in [0.717, 1.165) is 19.5 Å². The van der Waals surface area contributed by atoms with Gasteiger partial charge in [-0.2, -0.15) is 0 Å². The smallest absolute Gasteiger partial charge is 0.260 e. The fourth-order valence-corrected chi connectivity index (χ4v) is 3.48. The van der Waals surface area contributed by atoms with Gasteiger partial charge in [0.1, 0.15) is 17.4 Å². The summed E-state index contributed by atoms with van der Waals surface area (Å²) in [6, 6.07) is 7.60. The summed E-state index contributed by atoms with van der Waals surface area (Å²) in [5.41, 5.74) is 0.651. The molecule has 150 valence electrons. The number of furan rings is 1. The van der Waals surface area contributed by atoms with E-state index in [4.69, 9.17) is 4.42 Å². The molecule has 1 aliphatic heterocycles. The molecule has 2 aromatic heterocycles. The van der Waals surface area contributed by atoms with Crippen LogP contribution in [0.1, 0.15) is 30.8 Å². The highest BCUT2D eigenvalue weighted by Crippen LogP contribution is 2.23. The molecule has 0 atom stereocenters. The molecule has 8 heteroatoms. The SMILES string of the molecule is O=Nc1ccc(/C=C/c2nc(NCCCN3CCCC3)c3cc(F)ccc3n2)o1. The Labute approximate surface area is 167 Å². The number of hydrogen-bond donors (Lipinski definition) is 1. The van der Waals surface area contributed by atoms with Crippen LogP contribution in [0.4, 0.5) is 16.1 Å². The van der Waals surface area contributed by atoms with Crippen molar-refractivity contribution in [3.05, 3.63) is 52.6 Å². The third-order valence-corrected chi connectivity index (χ3v) is 4.92. The number of rotatable bonds is 8. The Morgan fingerprint density at radius 3 is 2.83 bits per heavy atom. The average molecular weight is 395 g/mol. The lowest BCUT2D eigenvalue weighted by molar-refractivity contribution is 0.337. The second-order valence-corrected chi connectivity index (χ2v) is 7.02. The van der Waals surface area contributed by atoms with Crippen LogP contribution < -0.4 is 5.32 Å². The highest BCUT2D eigenvalue weighted by molar-refractivity contribution is 5.90. The van der Waals surface area contributed by atoms with Crippen LogP contribution in [-0.2, 0) is 0 Å². The van der Waals surface area contributed by atoms with E-state index in [1.54, 1.807) is 24.3 Å². The van der Waals surface area contributed by atoms with Gasteiger partial charge in [-0.3, -0.25) is 0 Å². The van der Waals surface area contributed by atoms with Crippen molar-refractivity contribution >= 4 is 34.8 Å². The highest BCUT2D eigenvalue weighted by atomic mass is 19.1. The molecule has 1 aliphatic rings. The molecular weight excluding hydrogens is 373 g/mol. The van der Waals surface area contributed by atoms with Gasteiger partial charge in [0.05, 0.1) is 5.52 Å². The van der Waals surface area contributed by atoms with E-state index in [2.05, 4.69) is 25.4 Å². The standard InChI is InChI=1S/C21H22FN5O2/c22-15-4-7-18-17(14-15)21(23-10-3-13-27-11-1-2-12-27)25-19(24-18)8-5-16-6-9-20(26-28)29-16/h4-9,14H,1-3,10-13H2,(H,23,24,25)/b8-5+. The van der Waals surface area contributed by atoms with Gasteiger partial charge in [0.2, 0.25) is 0 Å². The molecule has 1 aromatic carbocycles. The van der Waals surface area contributed by atoms with E-state index in [0.29, 0.717) is 28.3 Å². The van der Waals surface area contributed by atoms with Crippen molar-refractivity contribution in [2.24, 2.45) is 5.18 Å². The zero-order chi connectivity index (χ0) is 20.1. The molecular formula is C21H22FN5O2. The molecule has 1 saturated heterocycles. The van der Waals surface area contributed by atoms with Crippen LogP contribution in [0.25, 0.3) is 23.1 Å². The van der Waals surface area contributed by atoms with Crippen molar-refractivity contribution in [2.45, 2.75) is 19.3 Å². The summed E-state index contributed by atoms with van der Waals surface area (Å²) >= 11 is 0. The lowest BCUT2D eigenvalue weighted by atomic mass is 10.2. The fourth-order valence-electron chi connectivity index (χ4n) is 3.48. The molecule has 1 N–H and O–H groups in total. The van der Waals surface area contributed by atoms with Gasteiger partial charge in [-0.05, 0) is 75.3 Å². The van der Waals surface area contributed by atoms with Crippen molar-refractivity contribution in [3.8, 4) is 0 Å². The topological polar surface area (TPSA) is 83.6 Å². The zero-order valence-electron chi connectivity index (χ0n) is 16.0. The van der Waals surface area contributed by atoms with Crippen molar-refractivity contribution < 1.29 is 8.81 Å². The summed E-state index contributed by atoms with van der Waals surface area (Å²) in [5, 5.41) is 6.73. The second kappa shape index (κ2) is 8.91. The first-order valence-corrected chi connectivity index (χ1v) is 9.76. The summed E-state index contributed by atoms with van der Waals surface area (Å²) in [6.07, 6.45) is 6.89. The minimum absolute atomic E-state index is 0.0138. The van der Waals surface area contributed by atoms with E-state index in [1.807, 2.05) is 0 Å². The monoisotopic (exact) mass is 395 g/mol. The molecule has 0 saturated carbocycles. The lowest BCUT2D eigenvalue weighted by Gasteiger charge is -2.15. The van der Waals surface area contributed by atoms with E-state index in [1.165, 1.54) is 44.1 Å². The Hall–Kier alpha value is -3.13. The van der Waals surface area contributed by atoms with Crippen LogP contribution >= 0.6 is 0 Å². The molecule has 3 heterocycles. The summed E-state index contributed by atoms with van der Waals surface area (Å²) in [7, 11) is 0. The predicted molar refractivity (Wildman–Crippen MR) is 111 cm³/mol. The number of anilines is 1. The molecule has 7 nitrogen and oxygen atoms in total. The number of fused-ring (bicyclic) bond motifs is 1. The molecule has 4 rings (SSSR count). The van der Waals surface area contributed by atoms with Crippen molar-refractivity contribution in [1.29, 1.82) is 0 Å². The maximum Gasteiger partial charge on any atom is 0.260 e. The van der Waals surface area contributed by atoms with Crippen LogP contribution in [0.5, 0.6) is 0 Å². The highest BCUT2D eigenvalue weighted by Gasteiger charge is 2.11. The van der Waals surface area contributed by atoms with Gasteiger partial charge < -0.3 is 14.6 Å². The van der Waals surface area contributed by atoms with E-state index in [-0.39, 0.29) is 11.7 Å².